The highest BCUT2D eigenvalue weighted by molar-refractivity contribution is 7.20. The Bertz CT molecular complexity index is 778. The van der Waals surface area contributed by atoms with Crippen molar-refractivity contribution in [3.8, 4) is 11.3 Å². The van der Waals surface area contributed by atoms with Crippen molar-refractivity contribution in [1.82, 2.24) is 14.6 Å². The maximum absolute atomic E-state index is 6.23. The molecule has 1 N–H and O–H groups in total. The van der Waals surface area contributed by atoms with Gasteiger partial charge in [0.2, 0.25) is 10.1 Å². The van der Waals surface area contributed by atoms with E-state index in [1.807, 2.05) is 35.0 Å². The lowest BCUT2D eigenvalue weighted by atomic mass is 10.0. The van der Waals surface area contributed by atoms with E-state index in [0.717, 1.165) is 53.9 Å². The molecule has 0 aliphatic carbocycles. The summed E-state index contributed by atoms with van der Waals surface area (Å²) in [6.07, 6.45) is 4.16. The smallest absolute Gasteiger partial charge is 0.214 e. The molecule has 0 atom stereocenters. The molecule has 3 heterocycles. The van der Waals surface area contributed by atoms with E-state index < -0.39 is 0 Å². The Balaban J connectivity index is 1.49. The number of nitrogens with zero attached hydrogens (tertiary/aromatic N) is 3. The normalized spacial score (nSPS) is 16.0. The number of ether oxygens (including phenoxy) is 1. The fourth-order valence-electron chi connectivity index (χ4n) is 2.75. The highest BCUT2D eigenvalue weighted by Gasteiger charge is 2.15. The molecule has 1 fully saturated rings. The topological polar surface area (TPSA) is 51.5 Å². The van der Waals surface area contributed by atoms with Crippen molar-refractivity contribution >= 4 is 33.0 Å². The Morgan fingerprint density at radius 1 is 1.30 bits per heavy atom. The first kappa shape index (κ1) is 14.9. The SMILES string of the molecule is Clc1ccccc1-c1cn2nc(NCC3CCOCC3)sc2n1. The number of hydrogen-bond donors (Lipinski definition) is 1. The van der Waals surface area contributed by atoms with Crippen LogP contribution < -0.4 is 5.32 Å². The molecule has 0 bridgehead atoms. The average Bonchev–Trinajstić information content (AvgIpc) is 3.13. The minimum atomic E-state index is 0.665. The fraction of sp³-hybridized carbons (Fsp3) is 0.375. The maximum Gasteiger partial charge on any atom is 0.214 e. The van der Waals surface area contributed by atoms with Gasteiger partial charge in [0.15, 0.2) is 0 Å². The minimum absolute atomic E-state index is 0.665. The molecule has 7 heteroatoms. The molecular weight excluding hydrogens is 332 g/mol. The lowest BCUT2D eigenvalue weighted by Gasteiger charge is -2.21. The quantitative estimate of drug-likeness (QED) is 0.775. The molecule has 1 aliphatic rings. The summed E-state index contributed by atoms with van der Waals surface area (Å²) < 4.78 is 7.20. The molecule has 0 saturated carbocycles. The zero-order chi connectivity index (χ0) is 15.6. The molecule has 0 spiro atoms. The van der Waals surface area contributed by atoms with Gasteiger partial charge in [-0.2, -0.15) is 0 Å². The van der Waals surface area contributed by atoms with Crippen LogP contribution in [0.1, 0.15) is 12.8 Å². The van der Waals surface area contributed by atoms with Gasteiger partial charge in [-0.25, -0.2) is 9.50 Å². The van der Waals surface area contributed by atoms with Crippen LogP contribution in [0.4, 0.5) is 5.13 Å². The highest BCUT2D eigenvalue weighted by Crippen LogP contribution is 2.29. The van der Waals surface area contributed by atoms with Gasteiger partial charge < -0.3 is 10.1 Å². The van der Waals surface area contributed by atoms with Crippen LogP contribution in [0.15, 0.2) is 30.5 Å². The van der Waals surface area contributed by atoms with Gasteiger partial charge in [0.25, 0.3) is 0 Å². The Hall–Kier alpha value is -1.63. The molecular formula is C16H17ClN4OS. The molecule has 23 heavy (non-hydrogen) atoms. The van der Waals surface area contributed by atoms with Gasteiger partial charge in [-0.15, -0.1) is 5.10 Å². The summed E-state index contributed by atoms with van der Waals surface area (Å²) >= 11 is 7.79. The van der Waals surface area contributed by atoms with E-state index in [9.17, 15) is 0 Å². The van der Waals surface area contributed by atoms with Crippen LogP contribution >= 0.6 is 22.9 Å². The second kappa shape index (κ2) is 6.47. The van der Waals surface area contributed by atoms with Gasteiger partial charge in [-0.05, 0) is 24.8 Å². The third-order valence-electron chi connectivity index (χ3n) is 4.08. The van der Waals surface area contributed by atoms with Gasteiger partial charge in [-0.3, -0.25) is 0 Å². The number of hydrogen-bond acceptors (Lipinski definition) is 5. The standard InChI is InChI=1S/C16H17ClN4OS/c17-13-4-2-1-3-12(13)14-10-21-16(19-14)23-15(20-21)18-9-11-5-7-22-8-6-11/h1-4,10-11H,5-9H2,(H,18,20). The lowest BCUT2D eigenvalue weighted by molar-refractivity contribution is 0.0699. The summed E-state index contributed by atoms with van der Waals surface area (Å²) in [5.41, 5.74) is 1.79. The van der Waals surface area contributed by atoms with E-state index in [1.54, 1.807) is 11.3 Å². The van der Waals surface area contributed by atoms with E-state index in [0.29, 0.717) is 10.9 Å². The van der Waals surface area contributed by atoms with Gasteiger partial charge >= 0.3 is 0 Å². The van der Waals surface area contributed by atoms with Gasteiger partial charge in [0.05, 0.1) is 16.9 Å². The summed E-state index contributed by atoms with van der Waals surface area (Å²) in [6, 6.07) is 7.72. The van der Waals surface area contributed by atoms with Crippen molar-refractivity contribution < 1.29 is 4.74 Å². The number of imidazole rings is 1. The lowest BCUT2D eigenvalue weighted by Crippen LogP contribution is -2.22. The molecule has 120 valence electrons. The number of aromatic nitrogens is 3. The monoisotopic (exact) mass is 348 g/mol. The molecule has 1 saturated heterocycles. The number of benzene rings is 1. The van der Waals surface area contributed by atoms with Gasteiger partial charge in [0.1, 0.15) is 0 Å². The van der Waals surface area contributed by atoms with Crippen molar-refractivity contribution in [3.05, 3.63) is 35.5 Å². The van der Waals surface area contributed by atoms with E-state index in [2.05, 4.69) is 15.4 Å². The van der Waals surface area contributed by atoms with Crippen molar-refractivity contribution in [2.45, 2.75) is 12.8 Å². The summed E-state index contributed by atoms with van der Waals surface area (Å²) in [7, 11) is 0. The van der Waals surface area contributed by atoms with E-state index >= 15 is 0 Å². The molecule has 0 unspecified atom stereocenters. The third kappa shape index (κ3) is 3.20. The number of nitrogens with one attached hydrogen (secondary N) is 1. The predicted octanol–water partition coefficient (Wildman–Crippen LogP) is 3.95. The number of fused-ring (bicyclic) bond motifs is 1. The van der Waals surface area contributed by atoms with Crippen LogP contribution in [-0.2, 0) is 4.74 Å². The first-order chi connectivity index (χ1) is 11.3. The summed E-state index contributed by atoms with van der Waals surface area (Å²) in [5, 5.41) is 9.60. The molecule has 4 rings (SSSR count). The zero-order valence-electron chi connectivity index (χ0n) is 12.5. The number of halogens is 1. The Morgan fingerprint density at radius 2 is 2.13 bits per heavy atom. The third-order valence-corrected chi connectivity index (χ3v) is 5.29. The second-order valence-corrected chi connectivity index (χ2v) is 7.04. The summed E-state index contributed by atoms with van der Waals surface area (Å²) in [4.78, 5) is 5.50. The van der Waals surface area contributed by atoms with Crippen molar-refractivity contribution in [3.63, 3.8) is 0 Å². The molecule has 3 aromatic rings. The Labute approximate surface area is 143 Å². The van der Waals surface area contributed by atoms with E-state index in [1.165, 1.54) is 0 Å². The molecule has 5 nitrogen and oxygen atoms in total. The molecule has 2 aromatic heterocycles. The average molecular weight is 349 g/mol. The van der Waals surface area contributed by atoms with Crippen molar-refractivity contribution in [2.24, 2.45) is 5.92 Å². The summed E-state index contributed by atoms with van der Waals surface area (Å²) in [5.74, 6) is 0.665. The van der Waals surface area contributed by atoms with Crippen LogP contribution in [-0.4, -0.2) is 34.4 Å². The van der Waals surface area contributed by atoms with Gasteiger partial charge in [-0.1, -0.05) is 41.1 Å². The minimum Gasteiger partial charge on any atom is -0.381 e. The molecule has 0 radical (unpaired) electrons. The Morgan fingerprint density at radius 3 is 2.91 bits per heavy atom. The summed E-state index contributed by atoms with van der Waals surface area (Å²) in [6.45, 7) is 2.68. The fourth-order valence-corrected chi connectivity index (χ4v) is 3.77. The van der Waals surface area contributed by atoms with Crippen LogP contribution in [0.3, 0.4) is 0 Å². The van der Waals surface area contributed by atoms with E-state index in [4.69, 9.17) is 16.3 Å². The first-order valence-corrected chi connectivity index (χ1v) is 8.92. The van der Waals surface area contributed by atoms with Crippen molar-refractivity contribution in [2.75, 3.05) is 25.1 Å². The molecule has 0 amide bonds. The second-order valence-electron chi connectivity index (χ2n) is 5.68. The zero-order valence-corrected chi connectivity index (χ0v) is 14.1. The highest BCUT2D eigenvalue weighted by atomic mass is 35.5. The first-order valence-electron chi connectivity index (χ1n) is 7.72. The largest absolute Gasteiger partial charge is 0.381 e. The van der Waals surface area contributed by atoms with Crippen LogP contribution in [0.25, 0.3) is 16.2 Å². The Kier molecular flexibility index (Phi) is 4.20. The molecule has 1 aliphatic heterocycles. The predicted molar refractivity (Wildman–Crippen MR) is 93.3 cm³/mol. The van der Waals surface area contributed by atoms with Crippen LogP contribution in [0, 0.1) is 5.92 Å². The molecule has 1 aromatic carbocycles. The number of anilines is 1. The van der Waals surface area contributed by atoms with Crippen LogP contribution in [0.2, 0.25) is 5.02 Å². The van der Waals surface area contributed by atoms with Crippen LogP contribution in [0.5, 0.6) is 0 Å². The van der Waals surface area contributed by atoms with Crippen molar-refractivity contribution in [1.29, 1.82) is 0 Å². The van der Waals surface area contributed by atoms with Gasteiger partial charge in [0, 0.05) is 25.3 Å². The number of rotatable bonds is 4. The maximum atomic E-state index is 6.23. The van der Waals surface area contributed by atoms with E-state index in [-0.39, 0.29) is 0 Å².